The highest BCUT2D eigenvalue weighted by Crippen LogP contribution is 2.30. The van der Waals surface area contributed by atoms with Crippen molar-refractivity contribution in [3.05, 3.63) is 29.8 Å². The first-order valence-electron chi connectivity index (χ1n) is 6.62. The lowest BCUT2D eigenvalue weighted by molar-refractivity contribution is -0.103. The molecule has 1 N–H and O–H groups in total. The number of rotatable bonds is 4. The van der Waals surface area contributed by atoms with Crippen LogP contribution in [0.3, 0.4) is 0 Å². The predicted molar refractivity (Wildman–Crippen MR) is 70.9 cm³/mol. The fourth-order valence-electron chi connectivity index (χ4n) is 2.59. The summed E-state index contributed by atoms with van der Waals surface area (Å²) in [6.45, 7) is 2.75. The maximum atomic E-state index is 10.7. The molecule has 2 unspecified atom stereocenters. The average molecular weight is 250 g/mol. The summed E-state index contributed by atoms with van der Waals surface area (Å²) in [4.78, 5) is 0. The van der Waals surface area contributed by atoms with Gasteiger partial charge in [0.05, 0.1) is 18.8 Å². The third-order valence-electron chi connectivity index (χ3n) is 3.65. The van der Waals surface area contributed by atoms with Crippen molar-refractivity contribution in [3.63, 3.8) is 0 Å². The van der Waals surface area contributed by atoms with E-state index >= 15 is 0 Å². The molecule has 1 saturated heterocycles. The van der Waals surface area contributed by atoms with E-state index in [2.05, 4.69) is 6.92 Å². The molecule has 1 fully saturated rings. The zero-order valence-electron chi connectivity index (χ0n) is 11.2. The van der Waals surface area contributed by atoms with E-state index in [1.807, 2.05) is 24.3 Å². The molecular formula is C15H22O3. The molecule has 0 amide bonds. The van der Waals surface area contributed by atoms with Crippen molar-refractivity contribution in [2.75, 3.05) is 13.7 Å². The maximum Gasteiger partial charge on any atom is 0.119 e. The zero-order chi connectivity index (χ0) is 13.0. The molecule has 1 aromatic rings. The van der Waals surface area contributed by atoms with Crippen molar-refractivity contribution in [3.8, 4) is 5.75 Å². The minimum atomic E-state index is -0.634. The molecule has 0 spiro atoms. The van der Waals surface area contributed by atoms with Crippen LogP contribution in [0, 0.1) is 0 Å². The summed E-state index contributed by atoms with van der Waals surface area (Å²) in [5.74, 6) is 0.843. The molecule has 0 bridgehead atoms. The largest absolute Gasteiger partial charge is 0.497 e. The van der Waals surface area contributed by atoms with Gasteiger partial charge in [0.1, 0.15) is 5.75 Å². The third kappa shape index (κ3) is 3.24. The van der Waals surface area contributed by atoms with Crippen molar-refractivity contribution in [2.45, 2.75) is 44.3 Å². The van der Waals surface area contributed by atoms with Crippen molar-refractivity contribution >= 4 is 0 Å². The lowest BCUT2D eigenvalue weighted by Crippen LogP contribution is -2.42. The van der Waals surface area contributed by atoms with Gasteiger partial charge in [-0.3, -0.25) is 0 Å². The highest BCUT2D eigenvalue weighted by Gasteiger charge is 2.34. The topological polar surface area (TPSA) is 38.7 Å². The molecule has 0 aliphatic carbocycles. The molecule has 1 heterocycles. The second-order valence-electron chi connectivity index (χ2n) is 5.11. The van der Waals surface area contributed by atoms with Gasteiger partial charge in [0.25, 0.3) is 0 Å². The number of aliphatic hydroxyl groups is 1. The summed E-state index contributed by atoms with van der Waals surface area (Å²) in [6, 6.07) is 7.92. The average Bonchev–Trinajstić information content (AvgIpc) is 2.38. The number of benzene rings is 1. The standard InChI is InChI=1S/C15H22O3/c1-3-13-11-15(16,7-8-18-13)10-12-5-4-6-14(9-12)17-2/h4-6,9,13,16H,3,7-8,10-11H2,1-2H3. The smallest absolute Gasteiger partial charge is 0.119 e. The molecule has 1 aromatic carbocycles. The fraction of sp³-hybridized carbons (Fsp3) is 0.600. The summed E-state index contributed by atoms with van der Waals surface area (Å²) in [5.41, 5.74) is 0.485. The minimum Gasteiger partial charge on any atom is -0.497 e. The summed E-state index contributed by atoms with van der Waals surface area (Å²) >= 11 is 0. The van der Waals surface area contributed by atoms with Crippen LogP contribution in [0.15, 0.2) is 24.3 Å². The lowest BCUT2D eigenvalue weighted by Gasteiger charge is -2.36. The molecule has 2 atom stereocenters. The van der Waals surface area contributed by atoms with E-state index in [9.17, 15) is 5.11 Å². The summed E-state index contributed by atoms with van der Waals surface area (Å²) in [5, 5.41) is 10.7. The number of hydrogen-bond acceptors (Lipinski definition) is 3. The van der Waals surface area contributed by atoms with Gasteiger partial charge < -0.3 is 14.6 Å². The first-order valence-corrected chi connectivity index (χ1v) is 6.62. The van der Waals surface area contributed by atoms with Gasteiger partial charge in [0, 0.05) is 19.4 Å². The van der Waals surface area contributed by atoms with Gasteiger partial charge in [-0.2, -0.15) is 0 Å². The molecule has 3 heteroatoms. The van der Waals surface area contributed by atoms with E-state index in [1.165, 1.54) is 0 Å². The van der Waals surface area contributed by atoms with Crippen LogP contribution in [0.5, 0.6) is 5.75 Å². The van der Waals surface area contributed by atoms with Gasteiger partial charge in [-0.05, 0) is 30.5 Å². The van der Waals surface area contributed by atoms with Crippen molar-refractivity contribution in [2.24, 2.45) is 0 Å². The Bertz CT molecular complexity index is 391. The highest BCUT2D eigenvalue weighted by molar-refractivity contribution is 5.29. The Labute approximate surface area is 109 Å². The van der Waals surface area contributed by atoms with Crippen molar-refractivity contribution in [1.29, 1.82) is 0 Å². The molecule has 100 valence electrons. The first kappa shape index (κ1) is 13.4. The monoisotopic (exact) mass is 250 g/mol. The predicted octanol–water partition coefficient (Wildman–Crippen LogP) is 2.56. The molecular weight excluding hydrogens is 228 g/mol. The Morgan fingerprint density at radius 1 is 1.50 bits per heavy atom. The Kier molecular flexibility index (Phi) is 4.25. The SMILES string of the molecule is CCC1CC(O)(Cc2cccc(OC)c2)CCO1. The van der Waals surface area contributed by atoms with Crippen LogP contribution < -0.4 is 4.74 Å². The Hall–Kier alpha value is -1.06. The number of ether oxygens (including phenoxy) is 2. The van der Waals surface area contributed by atoms with Gasteiger partial charge in [-0.25, -0.2) is 0 Å². The second kappa shape index (κ2) is 5.72. The van der Waals surface area contributed by atoms with Gasteiger partial charge in [0.15, 0.2) is 0 Å². The minimum absolute atomic E-state index is 0.189. The first-order chi connectivity index (χ1) is 8.65. The van der Waals surface area contributed by atoms with E-state index < -0.39 is 5.60 Å². The van der Waals surface area contributed by atoms with E-state index in [0.717, 1.165) is 24.2 Å². The van der Waals surface area contributed by atoms with Gasteiger partial charge in [-0.1, -0.05) is 19.1 Å². The third-order valence-corrected chi connectivity index (χ3v) is 3.65. The molecule has 0 radical (unpaired) electrons. The van der Waals surface area contributed by atoms with Crippen LogP contribution in [0.2, 0.25) is 0 Å². The summed E-state index contributed by atoms with van der Waals surface area (Å²) in [6.07, 6.45) is 3.25. The second-order valence-corrected chi connectivity index (χ2v) is 5.11. The summed E-state index contributed by atoms with van der Waals surface area (Å²) in [7, 11) is 1.66. The highest BCUT2D eigenvalue weighted by atomic mass is 16.5. The van der Waals surface area contributed by atoms with Gasteiger partial charge in [0.2, 0.25) is 0 Å². The van der Waals surface area contributed by atoms with Crippen LogP contribution >= 0.6 is 0 Å². The molecule has 0 aromatic heterocycles. The molecule has 18 heavy (non-hydrogen) atoms. The van der Waals surface area contributed by atoms with Gasteiger partial charge in [-0.15, -0.1) is 0 Å². The van der Waals surface area contributed by atoms with E-state index in [0.29, 0.717) is 19.4 Å². The maximum absolute atomic E-state index is 10.7. The van der Waals surface area contributed by atoms with Crippen molar-refractivity contribution < 1.29 is 14.6 Å². The van der Waals surface area contributed by atoms with E-state index in [1.54, 1.807) is 7.11 Å². The number of hydrogen-bond donors (Lipinski definition) is 1. The van der Waals surface area contributed by atoms with Crippen LogP contribution in [-0.2, 0) is 11.2 Å². The van der Waals surface area contributed by atoms with Crippen LogP contribution in [0.25, 0.3) is 0 Å². The lowest BCUT2D eigenvalue weighted by atomic mass is 9.84. The molecule has 0 saturated carbocycles. The van der Waals surface area contributed by atoms with E-state index in [-0.39, 0.29) is 6.10 Å². The Balaban J connectivity index is 2.06. The molecule has 1 aliphatic rings. The van der Waals surface area contributed by atoms with Crippen LogP contribution in [-0.4, -0.2) is 30.5 Å². The Morgan fingerprint density at radius 2 is 2.33 bits per heavy atom. The quantitative estimate of drug-likeness (QED) is 0.892. The number of methoxy groups -OCH3 is 1. The Morgan fingerprint density at radius 3 is 3.06 bits per heavy atom. The van der Waals surface area contributed by atoms with E-state index in [4.69, 9.17) is 9.47 Å². The molecule has 2 rings (SSSR count). The van der Waals surface area contributed by atoms with Gasteiger partial charge >= 0.3 is 0 Å². The fourth-order valence-corrected chi connectivity index (χ4v) is 2.59. The zero-order valence-corrected chi connectivity index (χ0v) is 11.2. The van der Waals surface area contributed by atoms with Crippen LogP contribution in [0.1, 0.15) is 31.7 Å². The molecule has 1 aliphatic heterocycles. The normalized spacial score (nSPS) is 28.1. The van der Waals surface area contributed by atoms with Crippen LogP contribution in [0.4, 0.5) is 0 Å². The summed E-state index contributed by atoms with van der Waals surface area (Å²) < 4.78 is 10.8. The molecule has 3 nitrogen and oxygen atoms in total. The van der Waals surface area contributed by atoms with Crippen molar-refractivity contribution in [1.82, 2.24) is 0 Å².